The van der Waals surface area contributed by atoms with E-state index in [0.29, 0.717) is 30.5 Å². The maximum atomic E-state index is 12.4. The fourth-order valence-electron chi connectivity index (χ4n) is 3.20. The lowest BCUT2D eigenvalue weighted by molar-refractivity contribution is -0.133. The maximum Gasteiger partial charge on any atom is 0.258 e. The van der Waals surface area contributed by atoms with Crippen LogP contribution in [0.1, 0.15) is 13.3 Å². The molecule has 0 aromatic heterocycles. The van der Waals surface area contributed by atoms with E-state index in [4.69, 9.17) is 21.1 Å². The molecule has 0 unspecified atom stereocenters. The second-order valence-electron chi connectivity index (χ2n) is 7.23. The van der Waals surface area contributed by atoms with E-state index in [1.54, 1.807) is 29.2 Å². The fourth-order valence-corrected chi connectivity index (χ4v) is 3.33. The van der Waals surface area contributed by atoms with Gasteiger partial charge in [-0.1, -0.05) is 18.5 Å². The van der Waals surface area contributed by atoms with Crippen LogP contribution >= 0.6 is 11.6 Å². The molecule has 3 rings (SSSR count). The quantitative estimate of drug-likeness (QED) is 0.642. The Balaban J connectivity index is 1.34. The highest BCUT2D eigenvalue weighted by molar-refractivity contribution is 6.30. The highest BCUT2D eigenvalue weighted by atomic mass is 35.5. The van der Waals surface area contributed by atoms with Crippen LogP contribution in [0.5, 0.6) is 11.5 Å². The maximum absolute atomic E-state index is 12.4. The molecular weight excluding hydrogens is 418 g/mol. The number of halogens is 1. The third-order valence-corrected chi connectivity index (χ3v) is 5.18. The molecular formula is C23H28ClN3O4. The van der Waals surface area contributed by atoms with Gasteiger partial charge in [0.25, 0.3) is 5.91 Å². The molecule has 1 fully saturated rings. The highest BCUT2D eigenvalue weighted by Crippen LogP contribution is 2.20. The van der Waals surface area contributed by atoms with E-state index in [0.717, 1.165) is 30.9 Å². The monoisotopic (exact) mass is 445 g/mol. The van der Waals surface area contributed by atoms with E-state index in [1.807, 2.05) is 31.2 Å². The van der Waals surface area contributed by atoms with Gasteiger partial charge < -0.3 is 24.6 Å². The predicted octanol–water partition coefficient (Wildman–Crippen LogP) is 2.97. The summed E-state index contributed by atoms with van der Waals surface area (Å²) in [6, 6.07) is 14.8. The van der Waals surface area contributed by atoms with Gasteiger partial charge in [0.1, 0.15) is 11.5 Å². The number of benzene rings is 2. The Hall–Kier alpha value is -2.93. The number of carbonyl (C=O) groups excluding carboxylic acids is 2. The van der Waals surface area contributed by atoms with Crippen LogP contribution in [0.2, 0.25) is 5.02 Å². The van der Waals surface area contributed by atoms with Gasteiger partial charge in [0.05, 0.1) is 13.2 Å². The van der Waals surface area contributed by atoms with Gasteiger partial charge in [0, 0.05) is 36.9 Å². The number of anilines is 1. The van der Waals surface area contributed by atoms with Gasteiger partial charge in [-0.05, 0) is 55.0 Å². The molecule has 0 saturated carbocycles. The first-order valence-corrected chi connectivity index (χ1v) is 10.8. The smallest absolute Gasteiger partial charge is 0.258 e. The Bertz CT molecular complexity index is 850. The van der Waals surface area contributed by atoms with Crippen LogP contribution < -0.4 is 19.7 Å². The molecule has 1 aliphatic heterocycles. The Morgan fingerprint density at radius 2 is 1.55 bits per heavy atom. The Labute approximate surface area is 187 Å². The van der Waals surface area contributed by atoms with Gasteiger partial charge in [-0.15, -0.1) is 0 Å². The number of rotatable bonds is 9. The van der Waals surface area contributed by atoms with Crippen molar-refractivity contribution in [2.75, 3.05) is 50.8 Å². The minimum atomic E-state index is -0.334. The average Bonchev–Trinajstić information content (AvgIpc) is 2.81. The lowest BCUT2D eigenvalue weighted by Gasteiger charge is -2.36. The Morgan fingerprint density at radius 1 is 0.935 bits per heavy atom. The van der Waals surface area contributed by atoms with Crippen molar-refractivity contribution in [2.45, 2.75) is 13.3 Å². The molecule has 0 aliphatic carbocycles. The van der Waals surface area contributed by atoms with Gasteiger partial charge in [-0.25, -0.2) is 0 Å². The van der Waals surface area contributed by atoms with Crippen molar-refractivity contribution in [3.63, 3.8) is 0 Å². The zero-order chi connectivity index (χ0) is 22.1. The summed E-state index contributed by atoms with van der Waals surface area (Å²) in [6.07, 6.45) is 0.940. The van der Waals surface area contributed by atoms with Crippen LogP contribution in [0.25, 0.3) is 0 Å². The van der Waals surface area contributed by atoms with Crippen molar-refractivity contribution in [2.24, 2.45) is 0 Å². The topological polar surface area (TPSA) is 71.1 Å². The summed E-state index contributed by atoms with van der Waals surface area (Å²) in [5, 5.41) is 3.33. The first kappa shape index (κ1) is 22.7. The summed E-state index contributed by atoms with van der Waals surface area (Å²) in [4.78, 5) is 28.4. The SMILES string of the molecule is CCCOc1ccc(OCC(=O)NCC(=O)N2CCN(c3ccc(Cl)cc3)CC2)cc1. The first-order chi connectivity index (χ1) is 15.0. The third kappa shape index (κ3) is 7.07. The van der Waals surface area contributed by atoms with E-state index in [2.05, 4.69) is 10.2 Å². The van der Waals surface area contributed by atoms with Crippen molar-refractivity contribution >= 4 is 29.1 Å². The number of amides is 2. The molecule has 0 spiro atoms. The zero-order valence-electron chi connectivity index (χ0n) is 17.7. The highest BCUT2D eigenvalue weighted by Gasteiger charge is 2.21. The van der Waals surface area contributed by atoms with Gasteiger partial charge in [0.15, 0.2) is 6.61 Å². The van der Waals surface area contributed by atoms with E-state index in [-0.39, 0.29) is 25.0 Å². The number of piperazine rings is 1. The van der Waals surface area contributed by atoms with Crippen molar-refractivity contribution in [1.29, 1.82) is 0 Å². The van der Waals surface area contributed by atoms with Gasteiger partial charge >= 0.3 is 0 Å². The van der Waals surface area contributed by atoms with Crippen LogP contribution in [0, 0.1) is 0 Å². The second kappa shape index (κ2) is 11.5. The van der Waals surface area contributed by atoms with Crippen LogP contribution in [0.4, 0.5) is 5.69 Å². The van der Waals surface area contributed by atoms with E-state index in [9.17, 15) is 9.59 Å². The van der Waals surface area contributed by atoms with Crippen LogP contribution in [-0.2, 0) is 9.59 Å². The number of ether oxygens (including phenoxy) is 2. The predicted molar refractivity (Wildman–Crippen MR) is 121 cm³/mol. The molecule has 7 nitrogen and oxygen atoms in total. The van der Waals surface area contributed by atoms with Crippen molar-refractivity contribution in [3.05, 3.63) is 53.6 Å². The largest absolute Gasteiger partial charge is 0.494 e. The van der Waals surface area contributed by atoms with Crippen molar-refractivity contribution in [1.82, 2.24) is 10.2 Å². The summed E-state index contributed by atoms with van der Waals surface area (Å²) in [6.45, 7) is 5.22. The van der Waals surface area contributed by atoms with Crippen molar-refractivity contribution in [3.8, 4) is 11.5 Å². The minimum Gasteiger partial charge on any atom is -0.494 e. The Kier molecular flexibility index (Phi) is 8.41. The molecule has 166 valence electrons. The summed E-state index contributed by atoms with van der Waals surface area (Å²) < 4.78 is 11.0. The molecule has 2 amide bonds. The number of hydrogen-bond donors (Lipinski definition) is 1. The Morgan fingerprint density at radius 3 is 2.16 bits per heavy atom. The van der Waals surface area contributed by atoms with Crippen LogP contribution in [-0.4, -0.2) is 62.7 Å². The van der Waals surface area contributed by atoms with E-state index < -0.39 is 0 Å². The molecule has 0 bridgehead atoms. The molecule has 1 heterocycles. The number of nitrogens with one attached hydrogen (secondary N) is 1. The summed E-state index contributed by atoms with van der Waals surface area (Å²) >= 11 is 5.94. The van der Waals surface area contributed by atoms with E-state index >= 15 is 0 Å². The van der Waals surface area contributed by atoms with Crippen LogP contribution in [0.15, 0.2) is 48.5 Å². The molecule has 2 aromatic rings. The second-order valence-corrected chi connectivity index (χ2v) is 7.67. The molecule has 8 heteroatoms. The molecule has 0 radical (unpaired) electrons. The van der Waals surface area contributed by atoms with Gasteiger partial charge in [-0.2, -0.15) is 0 Å². The molecule has 1 saturated heterocycles. The van der Waals surface area contributed by atoms with Crippen LogP contribution in [0.3, 0.4) is 0 Å². The number of carbonyl (C=O) groups is 2. The van der Waals surface area contributed by atoms with Gasteiger partial charge in [-0.3, -0.25) is 9.59 Å². The fraction of sp³-hybridized carbons (Fsp3) is 0.391. The summed E-state index contributed by atoms with van der Waals surface area (Å²) in [5.41, 5.74) is 1.09. The van der Waals surface area contributed by atoms with Crippen molar-refractivity contribution < 1.29 is 19.1 Å². The minimum absolute atomic E-state index is 0.0348. The number of nitrogens with zero attached hydrogens (tertiary/aromatic N) is 2. The normalized spacial score (nSPS) is 13.6. The first-order valence-electron chi connectivity index (χ1n) is 10.5. The molecule has 1 aliphatic rings. The van der Waals surface area contributed by atoms with Gasteiger partial charge in [0.2, 0.25) is 5.91 Å². The van der Waals surface area contributed by atoms with E-state index in [1.165, 1.54) is 0 Å². The molecule has 1 N–H and O–H groups in total. The third-order valence-electron chi connectivity index (χ3n) is 4.93. The lowest BCUT2D eigenvalue weighted by atomic mass is 10.2. The zero-order valence-corrected chi connectivity index (χ0v) is 18.4. The number of hydrogen-bond acceptors (Lipinski definition) is 5. The summed E-state index contributed by atoms with van der Waals surface area (Å²) in [7, 11) is 0. The summed E-state index contributed by atoms with van der Waals surface area (Å²) in [5.74, 6) is 0.907. The standard InChI is InChI=1S/C23H28ClN3O4/c1-2-15-30-20-7-9-21(10-8-20)31-17-22(28)25-16-23(29)27-13-11-26(12-14-27)19-5-3-18(24)4-6-19/h3-10H,2,11-17H2,1H3,(H,25,28). The molecule has 2 aromatic carbocycles. The average molecular weight is 446 g/mol. The molecule has 31 heavy (non-hydrogen) atoms. The lowest BCUT2D eigenvalue weighted by Crippen LogP contribution is -2.51. The molecule has 0 atom stereocenters.